The lowest BCUT2D eigenvalue weighted by Gasteiger charge is -2.11. The molecule has 0 aromatic heterocycles. The number of hydrogen-bond acceptors (Lipinski definition) is 3. The number of rotatable bonds is 7. The van der Waals surface area contributed by atoms with Crippen molar-refractivity contribution in [1.29, 1.82) is 0 Å². The third-order valence-corrected chi connectivity index (χ3v) is 2.91. The topological polar surface area (TPSA) is 55.4 Å². The van der Waals surface area contributed by atoms with Gasteiger partial charge in [-0.05, 0) is 31.6 Å². The van der Waals surface area contributed by atoms with E-state index in [1.807, 2.05) is 0 Å². The van der Waals surface area contributed by atoms with Crippen LogP contribution in [0.2, 0.25) is 0 Å². The fraction of sp³-hybridized carbons (Fsp3) is 0.833. The van der Waals surface area contributed by atoms with Gasteiger partial charge in [-0.2, -0.15) is 0 Å². The lowest BCUT2D eigenvalue weighted by Crippen LogP contribution is -2.29. The van der Waals surface area contributed by atoms with Gasteiger partial charge in [-0.3, -0.25) is 9.59 Å². The van der Waals surface area contributed by atoms with E-state index < -0.39 is 0 Å². The minimum absolute atomic E-state index is 0.0550. The molecule has 1 fully saturated rings. The maximum Gasteiger partial charge on any atom is 0.306 e. The Labute approximate surface area is 96.7 Å². The normalized spacial score (nSPS) is 16.6. The molecule has 4 heteroatoms. The monoisotopic (exact) mass is 227 g/mol. The maximum absolute atomic E-state index is 11.4. The van der Waals surface area contributed by atoms with Crippen molar-refractivity contribution in [2.45, 2.75) is 39.5 Å². The summed E-state index contributed by atoms with van der Waals surface area (Å²) < 4.78 is 4.75. The Balaban J connectivity index is 2.03. The molecule has 92 valence electrons. The molecule has 0 saturated heterocycles. The van der Waals surface area contributed by atoms with Crippen LogP contribution in [0.15, 0.2) is 0 Å². The average molecular weight is 227 g/mol. The van der Waals surface area contributed by atoms with Gasteiger partial charge >= 0.3 is 5.97 Å². The smallest absolute Gasteiger partial charge is 0.306 e. The van der Waals surface area contributed by atoms with E-state index >= 15 is 0 Å². The van der Waals surface area contributed by atoms with E-state index in [2.05, 4.69) is 12.2 Å². The van der Waals surface area contributed by atoms with E-state index in [1.165, 1.54) is 12.8 Å². The number of hydrogen-bond donors (Lipinski definition) is 1. The van der Waals surface area contributed by atoms with Gasteiger partial charge < -0.3 is 10.1 Å². The van der Waals surface area contributed by atoms with Crippen LogP contribution in [0.25, 0.3) is 0 Å². The summed E-state index contributed by atoms with van der Waals surface area (Å²) in [7, 11) is 0. The first-order chi connectivity index (χ1) is 7.63. The molecule has 1 amide bonds. The minimum atomic E-state index is -0.298. The van der Waals surface area contributed by atoms with E-state index in [-0.39, 0.29) is 24.7 Å². The van der Waals surface area contributed by atoms with E-state index in [1.54, 1.807) is 6.92 Å². The second-order valence-electron chi connectivity index (χ2n) is 4.42. The molecule has 1 N–H and O–H groups in total. The quantitative estimate of drug-likeness (QED) is 0.670. The van der Waals surface area contributed by atoms with Crippen LogP contribution in [0.3, 0.4) is 0 Å². The standard InChI is InChI=1S/C12H21NO3/c1-3-16-12(15)7-6-11(14)13-8-9(2)10-4-5-10/h9-10H,3-8H2,1-2H3,(H,13,14). The summed E-state index contributed by atoms with van der Waals surface area (Å²) in [5.74, 6) is 1.00. The van der Waals surface area contributed by atoms with E-state index in [0.29, 0.717) is 12.5 Å². The molecular formula is C12H21NO3. The molecule has 0 bridgehead atoms. The van der Waals surface area contributed by atoms with Crippen molar-refractivity contribution >= 4 is 11.9 Å². The third kappa shape index (κ3) is 5.14. The third-order valence-electron chi connectivity index (χ3n) is 2.91. The van der Waals surface area contributed by atoms with Crippen molar-refractivity contribution in [2.75, 3.05) is 13.2 Å². The van der Waals surface area contributed by atoms with Crippen molar-refractivity contribution in [2.24, 2.45) is 11.8 Å². The SMILES string of the molecule is CCOC(=O)CCC(=O)NCC(C)C1CC1. The molecule has 0 aliphatic heterocycles. The Morgan fingerprint density at radius 2 is 2.06 bits per heavy atom. The predicted octanol–water partition coefficient (Wildman–Crippen LogP) is 1.49. The zero-order chi connectivity index (χ0) is 12.0. The second-order valence-corrected chi connectivity index (χ2v) is 4.42. The Morgan fingerprint density at radius 1 is 1.38 bits per heavy atom. The maximum atomic E-state index is 11.4. The largest absolute Gasteiger partial charge is 0.466 e. The van der Waals surface area contributed by atoms with Gasteiger partial charge in [-0.25, -0.2) is 0 Å². The zero-order valence-corrected chi connectivity index (χ0v) is 10.1. The highest BCUT2D eigenvalue weighted by atomic mass is 16.5. The molecule has 1 rings (SSSR count). The first-order valence-electron chi connectivity index (χ1n) is 6.05. The van der Waals surface area contributed by atoms with Crippen molar-refractivity contribution < 1.29 is 14.3 Å². The van der Waals surface area contributed by atoms with Crippen LogP contribution in [0, 0.1) is 11.8 Å². The highest BCUT2D eigenvalue weighted by Gasteiger charge is 2.27. The zero-order valence-electron chi connectivity index (χ0n) is 10.1. The van der Waals surface area contributed by atoms with Gasteiger partial charge in [0.15, 0.2) is 0 Å². The van der Waals surface area contributed by atoms with Gasteiger partial charge in [0.25, 0.3) is 0 Å². The summed E-state index contributed by atoms with van der Waals surface area (Å²) in [5, 5.41) is 2.85. The van der Waals surface area contributed by atoms with Crippen LogP contribution in [-0.2, 0) is 14.3 Å². The van der Waals surface area contributed by atoms with Gasteiger partial charge in [-0.15, -0.1) is 0 Å². The molecule has 4 nitrogen and oxygen atoms in total. The van der Waals surface area contributed by atoms with E-state index in [0.717, 1.165) is 12.5 Å². The molecule has 16 heavy (non-hydrogen) atoms. The van der Waals surface area contributed by atoms with Gasteiger partial charge in [-0.1, -0.05) is 6.92 Å². The van der Waals surface area contributed by atoms with Crippen LogP contribution in [0.4, 0.5) is 0 Å². The summed E-state index contributed by atoms with van der Waals surface area (Å²) in [6, 6.07) is 0. The Bertz CT molecular complexity index is 249. The van der Waals surface area contributed by atoms with Gasteiger partial charge in [0.2, 0.25) is 5.91 Å². The lowest BCUT2D eigenvalue weighted by molar-refractivity contribution is -0.144. The molecule has 0 radical (unpaired) electrons. The summed E-state index contributed by atoms with van der Waals surface area (Å²) in [6.07, 6.45) is 2.99. The summed E-state index contributed by atoms with van der Waals surface area (Å²) in [5.41, 5.74) is 0. The summed E-state index contributed by atoms with van der Waals surface area (Å²) in [4.78, 5) is 22.4. The molecule has 0 aromatic rings. The first-order valence-corrected chi connectivity index (χ1v) is 6.05. The average Bonchev–Trinajstić information content (AvgIpc) is 3.07. The fourth-order valence-electron chi connectivity index (χ4n) is 1.64. The lowest BCUT2D eigenvalue weighted by atomic mass is 10.1. The molecule has 0 aromatic carbocycles. The van der Waals surface area contributed by atoms with E-state index in [4.69, 9.17) is 4.74 Å². The fourth-order valence-corrected chi connectivity index (χ4v) is 1.64. The van der Waals surface area contributed by atoms with Crippen LogP contribution < -0.4 is 5.32 Å². The number of nitrogens with one attached hydrogen (secondary N) is 1. The Kier molecular flexibility index (Phi) is 5.29. The van der Waals surface area contributed by atoms with Gasteiger partial charge in [0.1, 0.15) is 0 Å². The summed E-state index contributed by atoms with van der Waals surface area (Å²) in [6.45, 7) is 5.02. The Morgan fingerprint density at radius 3 is 2.62 bits per heavy atom. The van der Waals surface area contributed by atoms with Crippen LogP contribution >= 0.6 is 0 Å². The highest BCUT2D eigenvalue weighted by Crippen LogP contribution is 2.35. The molecule has 1 atom stereocenters. The minimum Gasteiger partial charge on any atom is -0.466 e. The second kappa shape index (κ2) is 6.51. The molecule has 1 saturated carbocycles. The van der Waals surface area contributed by atoms with Gasteiger partial charge in [0.05, 0.1) is 13.0 Å². The molecule has 0 spiro atoms. The van der Waals surface area contributed by atoms with Crippen molar-refractivity contribution in [3.8, 4) is 0 Å². The van der Waals surface area contributed by atoms with Crippen molar-refractivity contribution in [3.05, 3.63) is 0 Å². The number of carbonyl (C=O) groups is 2. The number of ether oxygens (including phenoxy) is 1. The van der Waals surface area contributed by atoms with Crippen molar-refractivity contribution in [1.82, 2.24) is 5.32 Å². The van der Waals surface area contributed by atoms with E-state index in [9.17, 15) is 9.59 Å². The van der Waals surface area contributed by atoms with Crippen LogP contribution in [0.1, 0.15) is 39.5 Å². The van der Waals surface area contributed by atoms with Crippen LogP contribution in [0.5, 0.6) is 0 Å². The van der Waals surface area contributed by atoms with Crippen LogP contribution in [-0.4, -0.2) is 25.0 Å². The molecule has 1 aliphatic carbocycles. The molecular weight excluding hydrogens is 206 g/mol. The number of esters is 1. The number of carbonyl (C=O) groups excluding carboxylic acids is 2. The van der Waals surface area contributed by atoms with Gasteiger partial charge in [0, 0.05) is 13.0 Å². The molecule has 1 aliphatic rings. The first kappa shape index (κ1) is 13.0. The highest BCUT2D eigenvalue weighted by molar-refractivity contribution is 5.81. The predicted molar refractivity (Wildman–Crippen MR) is 60.8 cm³/mol. The van der Waals surface area contributed by atoms with Crippen molar-refractivity contribution in [3.63, 3.8) is 0 Å². The Hall–Kier alpha value is -1.06. The number of amides is 1. The molecule has 1 unspecified atom stereocenters. The summed E-state index contributed by atoms with van der Waals surface area (Å²) >= 11 is 0. The molecule has 0 heterocycles.